The van der Waals surface area contributed by atoms with Gasteiger partial charge < -0.3 is 18.9 Å². The first-order valence-electron chi connectivity index (χ1n) is 7.88. The molecule has 2 rings (SSSR count). The molecule has 24 heavy (non-hydrogen) atoms. The van der Waals surface area contributed by atoms with Gasteiger partial charge in [0.15, 0.2) is 0 Å². The topological polar surface area (TPSA) is 71.1 Å². The van der Waals surface area contributed by atoms with E-state index in [2.05, 4.69) is 0 Å². The molecular weight excluding hydrogens is 312 g/mol. The highest BCUT2D eigenvalue weighted by atomic mass is 16.6. The van der Waals surface area contributed by atoms with Crippen LogP contribution in [-0.2, 0) is 23.8 Å². The first-order chi connectivity index (χ1) is 11.5. The van der Waals surface area contributed by atoms with Gasteiger partial charge in [-0.3, -0.25) is 0 Å². The number of ether oxygens (including phenoxy) is 4. The Kier molecular flexibility index (Phi) is 5.84. The van der Waals surface area contributed by atoms with Gasteiger partial charge in [-0.25, -0.2) is 9.59 Å². The fourth-order valence-corrected chi connectivity index (χ4v) is 2.73. The van der Waals surface area contributed by atoms with Gasteiger partial charge in [0.2, 0.25) is 6.10 Å². The number of allylic oxidation sites excluding steroid dienone is 1. The molecule has 2 atom stereocenters. The maximum absolute atomic E-state index is 12.4. The molecule has 0 unspecified atom stereocenters. The number of esters is 2. The second-order valence-electron chi connectivity index (χ2n) is 5.23. The van der Waals surface area contributed by atoms with Crippen LogP contribution in [0.5, 0.6) is 5.75 Å². The zero-order valence-electron chi connectivity index (χ0n) is 14.3. The zero-order valence-corrected chi connectivity index (χ0v) is 14.3. The van der Waals surface area contributed by atoms with Crippen LogP contribution in [0.1, 0.15) is 32.3 Å². The van der Waals surface area contributed by atoms with Crippen LogP contribution in [0.2, 0.25) is 0 Å². The van der Waals surface area contributed by atoms with Crippen molar-refractivity contribution in [2.75, 3.05) is 20.3 Å². The summed E-state index contributed by atoms with van der Waals surface area (Å²) in [7, 11) is 1.57. The highest BCUT2D eigenvalue weighted by molar-refractivity contribution is 5.94. The maximum Gasteiger partial charge on any atom is 0.348 e. The smallest absolute Gasteiger partial charge is 0.348 e. The standard InChI is InChI=1S/C18H22O6/c1-5-22-17(19)14-11(3)24-16(18(20)23-6-2)15(14)12-7-9-13(21-4)10-8-12/h7-10,15-16H,5-6H2,1-4H3/t15-,16-/m0/s1. The van der Waals surface area contributed by atoms with Crippen molar-refractivity contribution in [3.63, 3.8) is 0 Å². The van der Waals surface area contributed by atoms with Gasteiger partial charge in [-0.1, -0.05) is 12.1 Å². The van der Waals surface area contributed by atoms with Crippen molar-refractivity contribution >= 4 is 11.9 Å². The Morgan fingerprint density at radius 3 is 2.25 bits per heavy atom. The third-order valence-electron chi connectivity index (χ3n) is 3.79. The number of carbonyl (C=O) groups excluding carboxylic acids is 2. The van der Waals surface area contributed by atoms with Gasteiger partial charge in [-0.2, -0.15) is 0 Å². The summed E-state index contributed by atoms with van der Waals surface area (Å²) >= 11 is 0. The van der Waals surface area contributed by atoms with Crippen LogP contribution in [0, 0.1) is 0 Å². The largest absolute Gasteiger partial charge is 0.497 e. The van der Waals surface area contributed by atoms with Crippen LogP contribution >= 0.6 is 0 Å². The molecule has 1 aliphatic heterocycles. The summed E-state index contributed by atoms with van der Waals surface area (Å²) in [5.74, 6) is -0.496. The van der Waals surface area contributed by atoms with Crippen molar-refractivity contribution in [3.05, 3.63) is 41.2 Å². The molecule has 0 saturated heterocycles. The second kappa shape index (κ2) is 7.86. The molecule has 0 aromatic heterocycles. The van der Waals surface area contributed by atoms with Crippen molar-refractivity contribution in [3.8, 4) is 5.75 Å². The Bertz CT molecular complexity index is 631. The van der Waals surface area contributed by atoms with E-state index >= 15 is 0 Å². The lowest BCUT2D eigenvalue weighted by molar-refractivity contribution is -0.153. The van der Waals surface area contributed by atoms with Gasteiger partial charge in [0.05, 0.1) is 31.8 Å². The first-order valence-corrected chi connectivity index (χ1v) is 7.88. The van der Waals surface area contributed by atoms with E-state index in [1.54, 1.807) is 52.1 Å². The zero-order chi connectivity index (χ0) is 17.7. The molecule has 0 fully saturated rings. The molecule has 0 saturated carbocycles. The molecular formula is C18H22O6. The van der Waals surface area contributed by atoms with Gasteiger partial charge in [0.1, 0.15) is 11.5 Å². The summed E-state index contributed by atoms with van der Waals surface area (Å²) < 4.78 is 21.0. The van der Waals surface area contributed by atoms with E-state index in [0.29, 0.717) is 17.1 Å². The van der Waals surface area contributed by atoms with Gasteiger partial charge in [-0.15, -0.1) is 0 Å². The summed E-state index contributed by atoms with van der Waals surface area (Å²) in [5.41, 5.74) is 1.11. The average Bonchev–Trinajstić information content (AvgIpc) is 2.93. The van der Waals surface area contributed by atoms with Crippen LogP contribution in [0.4, 0.5) is 0 Å². The summed E-state index contributed by atoms with van der Waals surface area (Å²) in [6, 6.07) is 7.15. The Morgan fingerprint density at radius 1 is 1.08 bits per heavy atom. The summed E-state index contributed by atoms with van der Waals surface area (Å²) in [6.07, 6.45) is -0.905. The molecule has 0 amide bonds. The Balaban J connectivity index is 2.42. The van der Waals surface area contributed by atoms with E-state index in [4.69, 9.17) is 18.9 Å². The first kappa shape index (κ1) is 17.8. The molecule has 6 heteroatoms. The average molecular weight is 334 g/mol. The minimum Gasteiger partial charge on any atom is -0.497 e. The number of rotatable bonds is 6. The van der Waals surface area contributed by atoms with Gasteiger partial charge in [0.25, 0.3) is 0 Å². The third kappa shape index (κ3) is 3.53. The van der Waals surface area contributed by atoms with E-state index in [1.807, 2.05) is 0 Å². The SMILES string of the molecule is CCOC(=O)C1=C(C)O[C@H](C(=O)OCC)[C@H]1c1ccc(OC)cc1. The van der Waals surface area contributed by atoms with E-state index in [0.717, 1.165) is 5.56 Å². The lowest BCUT2D eigenvalue weighted by Crippen LogP contribution is -2.30. The fraction of sp³-hybridized carbons (Fsp3) is 0.444. The lowest BCUT2D eigenvalue weighted by Gasteiger charge is -2.20. The van der Waals surface area contributed by atoms with Crippen molar-refractivity contribution in [1.82, 2.24) is 0 Å². The van der Waals surface area contributed by atoms with Gasteiger partial charge in [0, 0.05) is 0 Å². The minimum atomic E-state index is -0.905. The molecule has 1 aromatic carbocycles. The summed E-state index contributed by atoms with van der Waals surface area (Å²) in [6.45, 7) is 5.59. The van der Waals surface area contributed by atoms with Gasteiger partial charge >= 0.3 is 11.9 Å². The predicted octanol–water partition coefficient (Wildman–Crippen LogP) is 2.58. The highest BCUT2D eigenvalue weighted by Crippen LogP contribution is 2.40. The molecule has 6 nitrogen and oxygen atoms in total. The monoisotopic (exact) mass is 334 g/mol. The lowest BCUT2D eigenvalue weighted by atomic mass is 9.87. The number of hydrogen-bond donors (Lipinski definition) is 0. The van der Waals surface area contributed by atoms with Crippen LogP contribution in [0.15, 0.2) is 35.6 Å². The second-order valence-corrected chi connectivity index (χ2v) is 5.23. The minimum absolute atomic E-state index is 0.238. The van der Waals surface area contributed by atoms with Crippen molar-refractivity contribution in [2.24, 2.45) is 0 Å². The summed E-state index contributed by atoms with van der Waals surface area (Å²) in [5, 5.41) is 0. The Hall–Kier alpha value is -2.50. The molecule has 0 radical (unpaired) electrons. The van der Waals surface area contributed by atoms with Crippen LogP contribution in [0.25, 0.3) is 0 Å². The molecule has 0 bridgehead atoms. The van der Waals surface area contributed by atoms with Crippen LogP contribution < -0.4 is 4.74 Å². The van der Waals surface area contributed by atoms with Crippen LogP contribution in [0.3, 0.4) is 0 Å². The molecule has 1 aromatic rings. The Labute approximate surface area is 141 Å². The van der Waals surface area contributed by atoms with Crippen LogP contribution in [-0.4, -0.2) is 38.4 Å². The van der Waals surface area contributed by atoms with Crippen molar-refractivity contribution in [1.29, 1.82) is 0 Å². The van der Waals surface area contributed by atoms with Crippen molar-refractivity contribution in [2.45, 2.75) is 32.8 Å². The molecule has 130 valence electrons. The molecule has 1 aliphatic rings. The number of hydrogen-bond acceptors (Lipinski definition) is 6. The fourth-order valence-electron chi connectivity index (χ4n) is 2.73. The van der Waals surface area contributed by atoms with Crippen molar-refractivity contribution < 1.29 is 28.5 Å². The third-order valence-corrected chi connectivity index (χ3v) is 3.79. The maximum atomic E-state index is 12.4. The molecule has 0 spiro atoms. The Morgan fingerprint density at radius 2 is 1.71 bits per heavy atom. The van der Waals surface area contributed by atoms with E-state index in [1.165, 1.54) is 0 Å². The summed E-state index contributed by atoms with van der Waals surface area (Å²) in [4.78, 5) is 24.6. The van der Waals surface area contributed by atoms with E-state index in [9.17, 15) is 9.59 Å². The quantitative estimate of drug-likeness (QED) is 0.745. The number of methoxy groups -OCH3 is 1. The van der Waals surface area contributed by atoms with E-state index in [-0.39, 0.29) is 13.2 Å². The highest BCUT2D eigenvalue weighted by Gasteiger charge is 2.45. The van der Waals surface area contributed by atoms with Gasteiger partial charge in [-0.05, 0) is 38.5 Å². The molecule has 1 heterocycles. The molecule has 0 aliphatic carbocycles. The number of carbonyl (C=O) groups is 2. The number of benzene rings is 1. The van der Waals surface area contributed by atoms with E-state index < -0.39 is 24.0 Å². The normalized spacial score (nSPS) is 19.7. The molecule has 0 N–H and O–H groups in total. The predicted molar refractivity (Wildman–Crippen MR) is 86.6 cm³/mol.